The fraction of sp³-hybridized carbons (Fsp3) is 0.750. The fourth-order valence-corrected chi connectivity index (χ4v) is 5.59. The van der Waals surface area contributed by atoms with Crippen molar-refractivity contribution in [2.24, 2.45) is 29.1 Å². The Morgan fingerprint density at radius 1 is 1.40 bits per heavy atom. The molecule has 2 saturated carbocycles. The second-order valence-corrected chi connectivity index (χ2v) is 7.16. The van der Waals surface area contributed by atoms with E-state index in [1.807, 2.05) is 11.9 Å². The van der Waals surface area contributed by atoms with Gasteiger partial charge in [0.15, 0.2) is 5.78 Å². The zero-order valence-corrected chi connectivity index (χ0v) is 11.8. The van der Waals surface area contributed by atoms with Crippen molar-refractivity contribution in [3.8, 4) is 0 Å². The van der Waals surface area contributed by atoms with Crippen LogP contribution in [0.2, 0.25) is 0 Å². The van der Waals surface area contributed by atoms with Crippen LogP contribution in [0.4, 0.5) is 0 Å². The lowest BCUT2D eigenvalue weighted by Crippen LogP contribution is -2.43. The highest BCUT2D eigenvalue weighted by Crippen LogP contribution is 2.65. The summed E-state index contributed by atoms with van der Waals surface area (Å²) < 4.78 is 0. The van der Waals surface area contributed by atoms with Crippen LogP contribution in [-0.2, 0) is 9.59 Å². The molecule has 4 rings (SSSR count). The van der Waals surface area contributed by atoms with Crippen molar-refractivity contribution in [2.45, 2.75) is 31.8 Å². The van der Waals surface area contributed by atoms with Crippen LogP contribution in [0.25, 0.3) is 0 Å². The Balaban J connectivity index is 1.77. The molecule has 0 aromatic rings. The third kappa shape index (κ3) is 1.40. The van der Waals surface area contributed by atoms with Gasteiger partial charge in [0.1, 0.15) is 0 Å². The van der Waals surface area contributed by atoms with Crippen molar-refractivity contribution >= 4 is 11.7 Å². The van der Waals surface area contributed by atoms with E-state index < -0.39 is 0 Å². The number of carbonyl (C=O) groups is 2. The molecule has 6 atom stereocenters. The third-order valence-corrected chi connectivity index (χ3v) is 6.39. The first-order chi connectivity index (χ1) is 9.53. The van der Waals surface area contributed by atoms with E-state index in [9.17, 15) is 14.7 Å². The van der Waals surface area contributed by atoms with Crippen molar-refractivity contribution < 1.29 is 14.7 Å². The first-order valence-electron chi connectivity index (χ1n) is 7.68. The fourth-order valence-electron chi connectivity index (χ4n) is 5.59. The second-order valence-electron chi connectivity index (χ2n) is 7.16. The summed E-state index contributed by atoms with van der Waals surface area (Å²) in [6.07, 6.45) is 6.51. The van der Waals surface area contributed by atoms with Gasteiger partial charge in [0.2, 0.25) is 5.91 Å². The highest BCUT2D eigenvalue weighted by atomic mass is 16.3. The van der Waals surface area contributed by atoms with Gasteiger partial charge in [0.05, 0.1) is 6.10 Å². The normalized spacial score (nSPS) is 50.1. The molecular formula is C16H21NO3. The minimum Gasteiger partial charge on any atom is -0.393 e. The van der Waals surface area contributed by atoms with E-state index in [-0.39, 0.29) is 41.0 Å². The lowest BCUT2D eigenvalue weighted by Gasteiger charge is -2.36. The molecule has 0 bridgehead atoms. The molecule has 0 aromatic heterocycles. The van der Waals surface area contributed by atoms with Gasteiger partial charge < -0.3 is 10.0 Å². The summed E-state index contributed by atoms with van der Waals surface area (Å²) in [7, 11) is 1.87. The quantitative estimate of drug-likeness (QED) is 0.717. The van der Waals surface area contributed by atoms with Gasteiger partial charge in [-0.05, 0) is 48.5 Å². The predicted molar refractivity (Wildman–Crippen MR) is 72.7 cm³/mol. The van der Waals surface area contributed by atoms with Crippen molar-refractivity contribution in [2.75, 3.05) is 13.6 Å². The Morgan fingerprint density at radius 3 is 3.00 bits per heavy atom. The van der Waals surface area contributed by atoms with E-state index in [1.54, 1.807) is 6.08 Å². The maximum Gasteiger partial charge on any atom is 0.225 e. The number of amides is 1. The van der Waals surface area contributed by atoms with Gasteiger partial charge in [-0.15, -0.1) is 0 Å². The minimum atomic E-state index is -0.346. The smallest absolute Gasteiger partial charge is 0.225 e. The molecule has 0 aromatic carbocycles. The molecular weight excluding hydrogens is 254 g/mol. The van der Waals surface area contributed by atoms with Gasteiger partial charge in [-0.3, -0.25) is 9.59 Å². The molecule has 1 N–H and O–H groups in total. The van der Waals surface area contributed by atoms with E-state index in [4.69, 9.17) is 0 Å². The third-order valence-electron chi connectivity index (χ3n) is 6.39. The van der Waals surface area contributed by atoms with Gasteiger partial charge in [0.25, 0.3) is 0 Å². The number of aliphatic hydroxyl groups excluding tert-OH is 1. The molecule has 20 heavy (non-hydrogen) atoms. The van der Waals surface area contributed by atoms with E-state index >= 15 is 0 Å². The van der Waals surface area contributed by atoms with Gasteiger partial charge >= 0.3 is 0 Å². The topological polar surface area (TPSA) is 57.6 Å². The molecule has 0 unspecified atom stereocenters. The molecule has 4 aliphatic rings. The Labute approximate surface area is 118 Å². The number of fused-ring (bicyclic) bond motifs is 2. The van der Waals surface area contributed by atoms with E-state index in [0.717, 1.165) is 25.8 Å². The largest absolute Gasteiger partial charge is 0.393 e. The number of rotatable bonds is 0. The summed E-state index contributed by atoms with van der Waals surface area (Å²) in [6, 6.07) is 0. The SMILES string of the molecule is CN1CC[C@@H]2[C@H]3[C@@H](O)C[C@@H]4CC(=O)C=C[C@@]43C[C@@H]2C1=O. The zero-order valence-electron chi connectivity index (χ0n) is 11.8. The summed E-state index contributed by atoms with van der Waals surface area (Å²) in [5.74, 6) is 1.18. The summed E-state index contributed by atoms with van der Waals surface area (Å²) in [5.41, 5.74) is -0.0938. The van der Waals surface area contributed by atoms with Gasteiger partial charge in [-0.1, -0.05) is 6.08 Å². The van der Waals surface area contributed by atoms with Gasteiger partial charge in [0, 0.05) is 25.9 Å². The number of carbonyl (C=O) groups excluding carboxylic acids is 2. The Hall–Kier alpha value is -1.16. The number of aliphatic hydroxyl groups is 1. The maximum absolute atomic E-state index is 12.4. The van der Waals surface area contributed by atoms with Gasteiger partial charge in [-0.2, -0.15) is 0 Å². The van der Waals surface area contributed by atoms with Gasteiger partial charge in [-0.25, -0.2) is 0 Å². The average molecular weight is 275 g/mol. The Morgan fingerprint density at radius 2 is 2.20 bits per heavy atom. The molecule has 3 fully saturated rings. The Kier molecular flexibility index (Phi) is 2.48. The maximum atomic E-state index is 12.4. The molecule has 0 radical (unpaired) electrons. The van der Waals surface area contributed by atoms with E-state index in [0.29, 0.717) is 12.3 Å². The molecule has 3 aliphatic carbocycles. The summed E-state index contributed by atoms with van der Waals surface area (Å²) in [5, 5.41) is 10.5. The van der Waals surface area contributed by atoms with Crippen molar-refractivity contribution in [3.05, 3.63) is 12.2 Å². The standard InChI is InChI=1S/C16H21NO3/c1-17-5-3-11-12(15(17)20)8-16-4-2-10(18)6-9(16)7-13(19)14(11)16/h2,4,9,11-14,19H,3,5-8H2,1H3/t9-,11-,12-,13-,14-,16+/m0/s1. The number of allylic oxidation sites excluding steroid dienone is 2. The minimum absolute atomic E-state index is 0.0500. The van der Waals surface area contributed by atoms with Crippen LogP contribution < -0.4 is 0 Å². The monoisotopic (exact) mass is 275 g/mol. The summed E-state index contributed by atoms with van der Waals surface area (Å²) >= 11 is 0. The average Bonchev–Trinajstić information content (AvgIpc) is 2.87. The van der Waals surface area contributed by atoms with Crippen LogP contribution in [0, 0.1) is 29.1 Å². The van der Waals surface area contributed by atoms with Crippen LogP contribution >= 0.6 is 0 Å². The molecule has 4 nitrogen and oxygen atoms in total. The van der Waals surface area contributed by atoms with E-state index in [2.05, 4.69) is 6.08 Å². The Bertz CT molecular complexity index is 514. The highest BCUT2D eigenvalue weighted by molar-refractivity contribution is 5.91. The molecule has 1 heterocycles. The van der Waals surface area contributed by atoms with Crippen LogP contribution in [0.5, 0.6) is 0 Å². The number of piperidine rings is 1. The van der Waals surface area contributed by atoms with Crippen LogP contribution in [0.3, 0.4) is 0 Å². The number of hydrogen-bond acceptors (Lipinski definition) is 3. The zero-order chi connectivity index (χ0) is 14.1. The number of likely N-dealkylation sites (tertiary alicyclic amines) is 1. The molecule has 1 amide bonds. The van der Waals surface area contributed by atoms with Crippen LogP contribution in [0.15, 0.2) is 12.2 Å². The first kappa shape index (κ1) is 12.6. The van der Waals surface area contributed by atoms with Crippen LogP contribution in [-0.4, -0.2) is 41.4 Å². The van der Waals surface area contributed by atoms with E-state index in [1.165, 1.54) is 0 Å². The number of hydrogen-bond donors (Lipinski definition) is 1. The molecule has 1 spiro atoms. The van der Waals surface area contributed by atoms with Crippen molar-refractivity contribution in [1.82, 2.24) is 4.90 Å². The number of ketones is 1. The summed E-state index contributed by atoms with van der Waals surface area (Å²) in [4.78, 5) is 25.9. The van der Waals surface area contributed by atoms with Crippen LogP contribution in [0.1, 0.15) is 25.7 Å². The summed E-state index contributed by atoms with van der Waals surface area (Å²) in [6.45, 7) is 0.798. The molecule has 1 saturated heterocycles. The predicted octanol–water partition coefficient (Wildman–Crippen LogP) is 0.997. The molecule has 108 valence electrons. The molecule has 1 aliphatic heterocycles. The lowest BCUT2D eigenvalue weighted by atomic mass is 9.67. The highest BCUT2D eigenvalue weighted by Gasteiger charge is 2.65. The lowest BCUT2D eigenvalue weighted by molar-refractivity contribution is -0.139. The van der Waals surface area contributed by atoms with Crippen molar-refractivity contribution in [3.63, 3.8) is 0 Å². The second kappa shape index (κ2) is 3.94. The number of nitrogens with zero attached hydrogens (tertiary/aromatic N) is 1. The first-order valence-corrected chi connectivity index (χ1v) is 7.68. The van der Waals surface area contributed by atoms with Crippen molar-refractivity contribution in [1.29, 1.82) is 0 Å². The molecule has 4 heteroatoms.